The Hall–Kier alpha value is -1.37. The van der Waals surface area contributed by atoms with Crippen LogP contribution in [0.5, 0.6) is 0 Å². The van der Waals surface area contributed by atoms with Crippen LogP contribution in [0.25, 0.3) is 5.57 Å². The molecule has 0 nitrogen and oxygen atoms in total. The van der Waals surface area contributed by atoms with Gasteiger partial charge in [-0.2, -0.15) is 0 Å². The third-order valence-electron chi connectivity index (χ3n) is 2.18. The van der Waals surface area contributed by atoms with Crippen molar-refractivity contribution in [3.8, 4) is 0 Å². The maximum absolute atomic E-state index is 12.9. The molecule has 0 amide bonds. The Labute approximate surface area is 77.4 Å². The summed E-state index contributed by atoms with van der Waals surface area (Å²) in [6.07, 6.45) is 6.29. The van der Waals surface area contributed by atoms with Gasteiger partial charge in [0.15, 0.2) is 0 Å². The van der Waals surface area contributed by atoms with Crippen molar-refractivity contribution in [3.05, 3.63) is 53.9 Å². The second kappa shape index (κ2) is 3.17. The monoisotopic (exact) mass is 174 g/mol. The van der Waals surface area contributed by atoms with E-state index in [0.717, 1.165) is 11.1 Å². The summed E-state index contributed by atoms with van der Waals surface area (Å²) in [6.45, 7) is 2.11. The number of hydrogen-bond donors (Lipinski definition) is 0. The standard InChI is InChI=1S/C12H11F/c1-9-5-6-11(7-9)10-3-2-4-12(13)8-10/h2-9H,1H3. The molecule has 0 bridgehead atoms. The molecule has 13 heavy (non-hydrogen) atoms. The first-order valence-electron chi connectivity index (χ1n) is 4.42. The lowest BCUT2D eigenvalue weighted by molar-refractivity contribution is 0.627. The van der Waals surface area contributed by atoms with Crippen molar-refractivity contribution in [2.45, 2.75) is 6.92 Å². The molecule has 2 rings (SSSR count). The van der Waals surface area contributed by atoms with Crippen LogP contribution in [-0.2, 0) is 0 Å². The predicted molar refractivity (Wildman–Crippen MR) is 52.7 cm³/mol. The summed E-state index contributed by atoms with van der Waals surface area (Å²) in [5, 5.41) is 0. The number of allylic oxidation sites excluding steroid dienone is 4. The van der Waals surface area contributed by atoms with Gasteiger partial charge in [-0.1, -0.05) is 37.3 Å². The van der Waals surface area contributed by atoms with Gasteiger partial charge in [0.2, 0.25) is 0 Å². The zero-order valence-corrected chi connectivity index (χ0v) is 7.50. The van der Waals surface area contributed by atoms with Crippen LogP contribution in [-0.4, -0.2) is 0 Å². The lowest BCUT2D eigenvalue weighted by Gasteiger charge is -1.99. The molecule has 1 aromatic carbocycles. The zero-order chi connectivity index (χ0) is 9.26. The van der Waals surface area contributed by atoms with Gasteiger partial charge < -0.3 is 0 Å². The molecular weight excluding hydrogens is 163 g/mol. The molecule has 0 saturated carbocycles. The highest BCUT2D eigenvalue weighted by atomic mass is 19.1. The van der Waals surface area contributed by atoms with Crippen LogP contribution < -0.4 is 0 Å². The lowest BCUT2D eigenvalue weighted by atomic mass is 10.1. The van der Waals surface area contributed by atoms with Gasteiger partial charge in [0.05, 0.1) is 0 Å². The van der Waals surface area contributed by atoms with Gasteiger partial charge in [-0.05, 0) is 29.2 Å². The van der Waals surface area contributed by atoms with Gasteiger partial charge in [0, 0.05) is 0 Å². The van der Waals surface area contributed by atoms with Crippen molar-refractivity contribution in [2.24, 2.45) is 5.92 Å². The SMILES string of the molecule is CC1C=CC(c2cccc(F)c2)=C1. The first-order valence-corrected chi connectivity index (χ1v) is 4.42. The second-order valence-electron chi connectivity index (χ2n) is 3.35. The lowest BCUT2D eigenvalue weighted by Crippen LogP contribution is -1.81. The van der Waals surface area contributed by atoms with Gasteiger partial charge >= 0.3 is 0 Å². The Morgan fingerprint density at radius 3 is 2.77 bits per heavy atom. The zero-order valence-electron chi connectivity index (χ0n) is 7.50. The summed E-state index contributed by atoms with van der Waals surface area (Å²) in [5.41, 5.74) is 2.08. The molecule has 0 N–H and O–H groups in total. The first-order chi connectivity index (χ1) is 6.25. The molecule has 1 aliphatic rings. The number of hydrogen-bond acceptors (Lipinski definition) is 0. The average Bonchev–Trinajstić information content (AvgIpc) is 2.52. The minimum atomic E-state index is -0.175. The van der Waals surface area contributed by atoms with E-state index < -0.39 is 0 Å². The molecule has 1 aromatic rings. The highest BCUT2D eigenvalue weighted by Gasteiger charge is 2.06. The van der Waals surface area contributed by atoms with Crippen molar-refractivity contribution in [3.63, 3.8) is 0 Å². The molecule has 0 aliphatic heterocycles. The van der Waals surface area contributed by atoms with Crippen molar-refractivity contribution in [2.75, 3.05) is 0 Å². The van der Waals surface area contributed by atoms with Gasteiger partial charge in [-0.25, -0.2) is 4.39 Å². The van der Waals surface area contributed by atoms with E-state index in [4.69, 9.17) is 0 Å². The van der Waals surface area contributed by atoms with E-state index in [1.54, 1.807) is 12.1 Å². The van der Waals surface area contributed by atoms with Crippen LogP contribution >= 0.6 is 0 Å². The van der Waals surface area contributed by atoms with Gasteiger partial charge in [0.1, 0.15) is 5.82 Å². The third-order valence-corrected chi connectivity index (χ3v) is 2.18. The van der Waals surface area contributed by atoms with E-state index in [9.17, 15) is 4.39 Å². The average molecular weight is 174 g/mol. The molecule has 1 unspecified atom stereocenters. The molecule has 1 aliphatic carbocycles. The van der Waals surface area contributed by atoms with E-state index in [-0.39, 0.29) is 5.82 Å². The highest BCUT2D eigenvalue weighted by molar-refractivity contribution is 5.76. The van der Waals surface area contributed by atoms with Crippen LogP contribution in [0, 0.1) is 11.7 Å². The summed E-state index contributed by atoms with van der Waals surface area (Å²) in [6, 6.07) is 6.69. The van der Waals surface area contributed by atoms with Crippen LogP contribution in [0.15, 0.2) is 42.5 Å². The molecule has 0 heterocycles. The Morgan fingerprint density at radius 1 is 1.31 bits per heavy atom. The van der Waals surface area contributed by atoms with E-state index in [2.05, 4.69) is 19.1 Å². The molecule has 0 spiro atoms. The molecule has 0 saturated heterocycles. The minimum Gasteiger partial charge on any atom is -0.207 e. The summed E-state index contributed by atoms with van der Waals surface area (Å²) < 4.78 is 12.9. The van der Waals surface area contributed by atoms with Gasteiger partial charge in [-0.3, -0.25) is 0 Å². The van der Waals surface area contributed by atoms with Crippen LogP contribution in [0.2, 0.25) is 0 Å². The van der Waals surface area contributed by atoms with Crippen molar-refractivity contribution in [1.29, 1.82) is 0 Å². The predicted octanol–water partition coefficient (Wildman–Crippen LogP) is 3.42. The second-order valence-corrected chi connectivity index (χ2v) is 3.35. The third kappa shape index (κ3) is 1.69. The van der Waals surface area contributed by atoms with Gasteiger partial charge in [0.25, 0.3) is 0 Å². The normalized spacial score (nSPS) is 20.5. The largest absolute Gasteiger partial charge is 0.207 e. The van der Waals surface area contributed by atoms with E-state index in [1.165, 1.54) is 6.07 Å². The van der Waals surface area contributed by atoms with Gasteiger partial charge in [-0.15, -0.1) is 0 Å². The van der Waals surface area contributed by atoms with Crippen molar-refractivity contribution in [1.82, 2.24) is 0 Å². The fraction of sp³-hybridized carbons (Fsp3) is 0.167. The first kappa shape index (κ1) is 8.24. The number of halogens is 1. The Morgan fingerprint density at radius 2 is 2.15 bits per heavy atom. The number of benzene rings is 1. The molecule has 0 aromatic heterocycles. The van der Waals surface area contributed by atoms with Crippen LogP contribution in [0.1, 0.15) is 12.5 Å². The number of rotatable bonds is 1. The Bertz CT molecular complexity index is 374. The highest BCUT2D eigenvalue weighted by Crippen LogP contribution is 2.24. The minimum absolute atomic E-state index is 0.175. The molecule has 1 atom stereocenters. The fourth-order valence-corrected chi connectivity index (χ4v) is 1.51. The van der Waals surface area contributed by atoms with E-state index in [0.29, 0.717) is 5.92 Å². The van der Waals surface area contributed by atoms with E-state index >= 15 is 0 Å². The Balaban J connectivity index is 2.37. The quantitative estimate of drug-likeness (QED) is 0.612. The molecule has 1 heteroatoms. The summed E-state index contributed by atoms with van der Waals surface area (Å²) in [7, 11) is 0. The summed E-state index contributed by atoms with van der Waals surface area (Å²) in [5.74, 6) is 0.296. The molecule has 0 fully saturated rings. The van der Waals surface area contributed by atoms with Crippen molar-refractivity contribution < 1.29 is 4.39 Å². The molecular formula is C12H11F. The molecule has 0 radical (unpaired) electrons. The van der Waals surface area contributed by atoms with Crippen LogP contribution in [0.3, 0.4) is 0 Å². The van der Waals surface area contributed by atoms with Crippen molar-refractivity contribution >= 4 is 5.57 Å². The summed E-state index contributed by atoms with van der Waals surface area (Å²) in [4.78, 5) is 0. The topological polar surface area (TPSA) is 0 Å². The molecule has 66 valence electrons. The summed E-state index contributed by atoms with van der Waals surface area (Å²) >= 11 is 0. The van der Waals surface area contributed by atoms with Crippen LogP contribution in [0.4, 0.5) is 4.39 Å². The maximum atomic E-state index is 12.9. The smallest absolute Gasteiger partial charge is 0.123 e. The van der Waals surface area contributed by atoms with E-state index in [1.807, 2.05) is 12.1 Å². The maximum Gasteiger partial charge on any atom is 0.123 e. The Kier molecular flexibility index (Phi) is 2.01. The fourth-order valence-electron chi connectivity index (χ4n) is 1.51.